The van der Waals surface area contributed by atoms with E-state index < -0.39 is 0 Å². The number of benzene rings is 2. The van der Waals surface area contributed by atoms with Crippen LogP contribution in [0.4, 0.5) is 0 Å². The summed E-state index contributed by atoms with van der Waals surface area (Å²) < 4.78 is 0. The van der Waals surface area contributed by atoms with Gasteiger partial charge in [-0.1, -0.05) is 63.6 Å². The van der Waals surface area contributed by atoms with E-state index in [9.17, 15) is 5.11 Å². The summed E-state index contributed by atoms with van der Waals surface area (Å²) in [5.74, 6) is 1.02. The largest absolute Gasteiger partial charge is 0.508 e. The first-order valence-electron chi connectivity index (χ1n) is 9.18. The minimum atomic E-state index is 0.148. The monoisotopic (exact) mass is 325 g/mol. The van der Waals surface area contributed by atoms with Crippen molar-refractivity contribution in [1.82, 2.24) is 0 Å². The predicted octanol–water partition coefficient (Wildman–Crippen LogP) is 5.34. The summed E-state index contributed by atoms with van der Waals surface area (Å²) >= 11 is 0. The lowest BCUT2D eigenvalue weighted by atomic mass is 9.85. The second-order valence-electron chi connectivity index (χ2n) is 6.95. The molecule has 0 amide bonds. The lowest BCUT2D eigenvalue weighted by molar-refractivity contribution is 0.462. The smallest absolute Gasteiger partial charge is 0.119 e. The number of rotatable bonds is 8. The van der Waals surface area contributed by atoms with Crippen LogP contribution in [-0.2, 0) is 6.42 Å². The van der Waals surface area contributed by atoms with Gasteiger partial charge in [0, 0.05) is 11.5 Å². The molecular formula is C22H31NO. The standard InChI is InChI=1S/C22H31NO/c1-4-5-7-17-10-11-22(24)21(14-17)20(12-13-23)19-9-6-8-18(15-19)16(2)3/h6,8-11,14-16,20,24H,4-5,7,12-13,23H2,1-3H3. The van der Waals surface area contributed by atoms with Gasteiger partial charge in [-0.3, -0.25) is 0 Å². The van der Waals surface area contributed by atoms with Gasteiger partial charge in [-0.05, 0) is 54.5 Å². The molecule has 0 aliphatic carbocycles. The maximum atomic E-state index is 10.5. The van der Waals surface area contributed by atoms with E-state index in [4.69, 9.17) is 5.73 Å². The van der Waals surface area contributed by atoms with E-state index in [2.05, 4.69) is 51.1 Å². The van der Waals surface area contributed by atoms with Crippen molar-refractivity contribution in [2.45, 2.75) is 58.3 Å². The van der Waals surface area contributed by atoms with Gasteiger partial charge in [-0.25, -0.2) is 0 Å². The van der Waals surface area contributed by atoms with Gasteiger partial charge in [0.25, 0.3) is 0 Å². The highest BCUT2D eigenvalue weighted by molar-refractivity contribution is 5.44. The molecule has 1 unspecified atom stereocenters. The van der Waals surface area contributed by atoms with Crippen molar-refractivity contribution in [3.05, 3.63) is 64.7 Å². The molecule has 0 saturated carbocycles. The average Bonchev–Trinajstić information content (AvgIpc) is 2.59. The van der Waals surface area contributed by atoms with Gasteiger partial charge in [-0.15, -0.1) is 0 Å². The van der Waals surface area contributed by atoms with Gasteiger partial charge in [0.2, 0.25) is 0 Å². The fourth-order valence-electron chi connectivity index (χ4n) is 3.22. The maximum absolute atomic E-state index is 10.5. The molecule has 0 aliphatic heterocycles. The van der Waals surface area contributed by atoms with Gasteiger partial charge in [0.15, 0.2) is 0 Å². The van der Waals surface area contributed by atoms with E-state index in [0.29, 0.717) is 18.2 Å². The summed E-state index contributed by atoms with van der Waals surface area (Å²) in [5.41, 5.74) is 10.8. The molecule has 0 bridgehead atoms. The highest BCUT2D eigenvalue weighted by Gasteiger charge is 2.18. The summed E-state index contributed by atoms with van der Waals surface area (Å²) in [6, 6.07) is 14.8. The lowest BCUT2D eigenvalue weighted by Crippen LogP contribution is -2.10. The molecule has 2 rings (SSSR count). The van der Waals surface area contributed by atoms with Crippen LogP contribution in [0.25, 0.3) is 0 Å². The fourth-order valence-corrected chi connectivity index (χ4v) is 3.22. The van der Waals surface area contributed by atoms with Crippen LogP contribution in [0, 0.1) is 0 Å². The summed E-state index contributed by atoms with van der Waals surface area (Å²) in [7, 11) is 0. The Balaban J connectivity index is 2.41. The molecule has 0 radical (unpaired) electrons. The van der Waals surface area contributed by atoms with Gasteiger partial charge < -0.3 is 10.8 Å². The minimum Gasteiger partial charge on any atom is -0.508 e. The molecule has 0 saturated heterocycles. The van der Waals surface area contributed by atoms with Crippen LogP contribution >= 0.6 is 0 Å². The van der Waals surface area contributed by atoms with Crippen LogP contribution in [0.15, 0.2) is 42.5 Å². The highest BCUT2D eigenvalue weighted by atomic mass is 16.3. The third-order valence-electron chi connectivity index (χ3n) is 4.72. The highest BCUT2D eigenvalue weighted by Crippen LogP contribution is 2.35. The number of unbranched alkanes of at least 4 members (excludes halogenated alkanes) is 1. The van der Waals surface area contributed by atoms with E-state index in [1.54, 1.807) is 0 Å². The van der Waals surface area contributed by atoms with Crippen LogP contribution in [0.2, 0.25) is 0 Å². The van der Waals surface area contributed by atoms with Crippen LogP contribution < -0.4 is 5.73 Å². The molecule has 130 valence electrons. The zero-order valence-corrected chi connectivity index (χ0v) is 15.3. The van der Waals surface area contributed by atoms with Crippen LogP contribution in [-0.4, -0.2) is 11.7 Å². The molecular weight excluding hydrogens is 294 g/mol. The number of aromatic hydroxyl groups is 1. The molecule has 2 heteroatoms. The molecule has 3 N–H and O–H groups in total. The van der Waals surface area contributed by atoms with Gasteiger partial charge in [0.1, 0.15) is 5.75 Å². The Bertz CT molecular complexity index is 648. The third-order valence-corrected chi connectivity index (χ3v) is 4.72. The van der Waals surface area contributed by atoms with Crippen LogP contribution in [0.1, 0.15) is 74.1 Å². The van der Waals surface area contributed by atoms with E-state index >= 15 is 0 Å². The summed E-state index contributed by atoms with van der Waals surface area (Å²) in [6.07, 6.45) is 4.25. The summed E-state index contributed by atoms with van der Waals surface area (Å²) in [4.78, 5) is 0. The number of nitrogens with two attached hydrogens (primary N) is 1. The number of hydrogen-bond acceptors (Lipinski definition) is 2. The van der Waals surface area contributed by atoms with E-state index in [1.807, 2.05) is 12.1 Å². The molecule has 2 nitrogen and oxygen atoms in total. The van der Waals surface area contributed by atoms with Crippen molar-refractivity contribution in [1.29, 1.82) is 0 Å². The summed E-state index contributed by atoms with van der Waals surface area (Å²) in [5, 5.41) is 10.5. The van der Waals surface area contributed by atoms with Crippen molar-refractivity contribution in [3.63, 3.8) is 0 Å². The van der Waals surface area contributed by atoms with Crippen molar-refractivity contribution < 1.29 is 5.11 Å². The molecule has 0 aromatic heterocycles. The number of hydrogen-bond donors (Lipinski definition) is 2. The molecule has 0 spiro atoms. The maximum Gasteiger partial charge on any atom is 0.119 e. The first kappa shape index (κ1) is 18.5. The van der Waals surface area contributed by atoms with Crippen LogP contribution in [0.3, 0.4) is 0 Å². The van der Waals surface area contributed by atoms with E-state index in [0.717, 1.165) is 18.4 Å². The SMILES string of the molecule is CCCCc1ccc(O)c(C(CCN)c2cccc(C(C)C)c2)c1. The second-order valence-corrected chi connectivity index (χ2v) is 6.95. The minimum absolute atomic E-state index is 0.148. The quantitative estimate of drug-likeness (QED) is 0.688. The van der Waals surface area contributed by atoms with Crippen molar-refractivity contribution in [3.8, 4) is 5.75 Å². The van der Waals surface area contributed by atoms with E-state index in [-0.39, 0.29) is 5.92 Å². The van der Waals surface area contributed by atoms with Gasteiger partial charge in [-0.2, -0.15) is 0 Å². The van der Waals surface area contributed by atoms with Crippen molar-refractivity contribution >= 4 is 0 Å². The molecule has 2 aromatic rings. The Hall–Kier alpha value is -1.80. The zero-order valence-electron chi connectivity index (χ0n) is 15.3. The predicted molar refractivity (Wildman–Crippen MR) is 103 cm³/mol. The number of aryl methyl sites for hydroxylation is 1. The first-order valence-corrected chi connectivity index (χ1v) is 9.18. The zero-order chi connectivity index (χ0) is 17.5. The first-order chi connectivity index (χ1) is 11.6. The van der Waals surface area contributed by atoms with Crippen molar-refractivity contribution in [2.24, 2.45) is 5.73 Å². The third kappa shape index (κ3) is 4.61. The van der Waals surface area contributed by atoms with Gasteiger partial charge in [0.05, 0.1) is 0 Å². The Morgan fingerprint density at radius 2 is 1.79 bits per heavy atom. The molecule has 0 heterocycles. The number of phenolic OH excluding ortho intramolecular Hbond substituents is 1. The topological polar surface area (TPSA) is 46.2 Å². The molecule has 0 fully saturated rings. The van der Waals surface area contributed by atoms with Crippen LogP contribution in [0.5, 0.6) is 5.75 Å². The molecule has 0 aliphatic rings. The van der Waals surface area contributed by atoms with Gasteiger partial charge >= 0.3 is 0 Å². The molecule has 2 aromatic carbocycles. The Kier molecular flexibility index (Phi) is 6.86. The normalized spacial score (nSPS) is 12.5. The molecule has 24 heavy (non-hydrogen) atoms. The average molecular weight is 325 g/mol. The van der Waals surface area contributed by atoms with E-state index in [1.165, 1.54) is 29.5 Å². The molecule has 1 atom stereocenters. The van der Waals surface area contributed by atoms with Crippen molar-refractivity contribution in [2.75, 3.05) is 6.54 Å². The second kappa shape index (κ2) is 8.89. The number of phenols is 1. The Labute approximate surface area is 146 Å². The fraction of sp³-hybridized carbons (Fsp3) is 0.455. The Morgan fingerprint density at radius 1 is 1.04 bits per heavy atom. The Morgan fingerprint density at radius 3 is 2.46 bits per heavy atom. The lowest BCUT2D eigenvalue weighted by Gasteiger charge is -2.21. The summed E-state index contributed by atoms with van der Waals surface area (Å²) in [6.45, 7) is 7.23.